The molecule has 0 aliphatic heterocycles. The maximum atomic E-state index is 5.21. The van der Waals surface area contributed by atoms with Gasteiger partial charge in [-0.1, -0.05) is 30.3 Å². The Balaban J connectivity index is 2.40. The number of hydrogen-bond acceptors (Lipinski definition) is 2. The highest BCUT2D eigenvalue weighted by atomic mass is 16.5. The maximum absolute atomic E-state index is 5.21. The summed E-state index contributed by atoms with van der Waals surface area (Å²) in [6.07, 6.45) is 0. The smallest absolute Gasteiger partial charge is 0.118 e. The van der Waals surface area contributed by atoms with Gasteiger partial charge in [-0.25, -0.2) is 0 Å². The maximum Gasteiger partial charge on any atom is 0.118 e. The van der Waals surface area contributed by atoms with Crippen LogP contribution >= 0.6 is 0 Å². The Kier molecular flexibility index (Phi) is 4.23. The molecule has 0 fully saturated rings. The van der Waals surface area contributed by atoms with E-state index in [-0.39, 0.29) is 6.04 Å². The quantitative estimate of drug-likeness (QED) is 0.901. The van der Waals surface area contributed by atoms with E-state index < -0.39 is 0 Å². The number of methoxy groups -OCH3 is 1. The molecule has 0 aliphatic rings. The summed E-state index contributed by atoms with van der Waals surface area (Å²) in [7, 11) is 3.69. The van der Waals surface area contributed by atoms with Crippen LogP contribution in [0.25, 0.3) is 0 Å². The minimum absolute atomic E-state index is 0.214. The van der Waals surface area contributed by atoms with Crippen LogP contribution in [-0.2, 0) is 0 Å². The lowest BCUT2D eigenvalue weighted by atomic mass is 9.93. The van der Waals surface area contributed by atoms with Crippen LogP contribution in [0.2, 0.25) is 0 Å². The fourth-order valence-corrected chi connectivity index (χ4v) is 2.38. The van der Waals surface area contributed by atoms with E-state index in [1.807, 2.05) is 19.2 Å². The second kappa shape index (κ2) is 5.89. The third-order valence-electron chi connectivity index (χ3n) is 3.70. The van der Waals surface area contributed by atoms with E-state index in [4.69, 9.17) is 4.74 Å². The molecule has 2 aromatic carbocycles. The highest BCUT2D eigenvalue weighted by Gasteiger charge is 2.14. The van der Waals surface area contributed by atoms with E-state index in [2.05, 4.69) is 49.5 Å². The lowest BCUT2D eigenvalue weighted by Gasteiger charge is -2.20. The molecule has 19 heavy (non-hydrogen) atoms. The first-order valence-electron chi connectivity index (χ1n) is 6.54. The molecule has 2 rings (SSSR count). The Morgan fingerprint density at radius 3 is 2.26 bits per heavy atom. The van der Waals surface area contributed by atoms with Crippen molar-refractivity contribution in [3.05, 3.63) is 64.7 Å². The zero-order chi connectivity index (χ0) is 13.8. The highest BCUT2D eigenvalue weighted by molar-refractivity contribution is 5.41. The van der Waals surface area contributed by atoms with Crippen LogP contribution in [0, 0.1) is 13.8 Å². The number of rotatable bonds is 4. The zero-order valence-electron chi connectivity index (χ0n) is 12.0. The van der Waals surface area contributed by atoms with Gasteiger partial charge in [0.25, 0.3) is 0 Å². The summed E-state index contributed by atoms with van der Waals surface area (Å²) >= 11 is 0. The average molecular weight is 255 g/mol. The number of hydrogen-bond donors (Lipinski definition) is 1. The largest absolute Gasteiger partial charge is 0.497 e. The van der Waals surface area contributed by atoms with Gasteiger partial charge >= 0.3 is 0 Å². The predicted molar refractivity (Wildman–Crippen MR) is 79.8 cm³/mol. The topological polar surface area (TPSA) is 21.3 Å². The zero-order valence-corrected chi connectivity index (χ0v) is 12.0. The highest BCUT2D eigenvalue weighted by Crippen LogP contribution is 2.27. The van der Waals surface area contributed by atoms with Crippen LogP contribution in [0.15, 0.2) is 42.5 Å². The molecule has 100 valence electrons. The van der Waals surface area contributed by atoms with Gasteiger partial charge in [-0.3, -0.25) is 0 Å². The molecule has 1 unspecified atom stereocenters. The Morgan fingerprint density at radius 2 is 1.68 bits per heavy atom. The summed E-state index contributed by atoms with van der Waals surface area (Å²) in [6.45, 7) is 4.33. The van der Waals surface area contributed by atoms with Gasteiger partial charge in [0, 0.05) is 0 Å². The molecule has 0 radical (unpaired) electrons. The Bertz CT molecular complexity index is 546. The van der Waals surface area contributed by atoms with E-state index in [1.165, 1.54) is 22.3 Å². The molecule has 0 amide bonds. The van der Waals surface area contributed by atoms with Gasteiger partial charge in [-0.2, -0.15) is 0 Å². The average Bonchev–Trinajstić information content (AvgIpc) is 2.45. The van der Waals surface area contributed by atoms with E-state index in [0.29, 0.717) is 0 Å². The van der Waals surface area contributed by atoms with Gasteiger partial charge in [0.15, 0.2) is 0 Å². The fourth-order valence-electron chi connectivity index (χ4n) is 2.38. The summed E-state index contributed by atoms with van der Waals surface area (Å²) in [5, 5.41) is 3.40. The molecule has 0 aliphatic carbocycles. The summed E-state index contributed by atoms with van der Waals surface area (Å²) in [5.74, 6) is 0.888. The monoisotopic (exact) mass is 255 g/mol. The van der Waals surface area contributed by atoms with Crippen LogP contribution in [0.3, 0.4) is 0 Å². The van der Waals surface area contributed by atoms with Crippen LogP contribution in [0.5, 0.6) is 5.75 Å². The van der Waals surface area contributed by atoms with Crippen molar-refractivity contribution in [3.63, 3.8) is 0 Å². The molecule has 0 bridgehead atoms. The van der Waals surface area contributed by atoms with Gasteiger partial charge in [-0.05, 0) is 55.3 Å². The summed E-state index contributed by atoms with van der Waals surface area (Å²) in [5.41, 5.74) is 5.24. The number of ether oxygens (including phenoxy) is 1. The van der Waals surface area contributed by atoms with Crippen molar-refractivity contribution < 1.29 is 4.74 Å². The van der Waals surface area contributed by atoms with Crippen molar-refractivity contribution >= 4 is 0 Å². The van der Waals surface area contributed by atoms with E-state index in [1.54, 1.807) is 7.11 Å². The molecule has 0 aromatic heterocycles. The molecule has 0 spiro atoms. The predicted octanol–water partition coefficient (Wildman–Crippen LogP) is 3.62. The normalized spacial score (nSPS) is 12.2. The fraction of sp³-hybridized carbons (Fsp3) is 0.294. The lowest BCUT2D eigenvalue weighted by molar-refractivity contribution is 0.414. The van der Waals surface area contributed by atoms with Crippen molar-refractivity contribution in [2.45, 2.75) is 19.9 Å². The van der Waals surface area contributed by atoms with Crippen molar-refractivity contribution in [1.82, 2.24) is 5.32 Å². The Morgan fingerprint density at radius 1 is 1.00 bits per heavy atom. The van der Waals surface area contributed by atoms with Gasteiger partial charge in [0.2, 0.25) is 0 Å². The van der Waals surface area contributed by atoms with Gasteiger partial charge in [-0.15, -0.1) is 0 Å². The van der Waals surface area contributed by atoms with Gasteiger partial charge < -0.3 is 10.1 Å². The van der Waals surface area contributed by atoms with E-state index in [0.717, 1.165) is 5.75 Å². The van der Waals surface area contributed by atoms with Crippen LogP contribution in [-0.4, -0.2) is 14.2 Å². The first kappa shape index (κ1) is 13.6. The molecule has 0 saturated heterocycles. The van der Waals surface area contributed by atoms with E-state index >= 15 is 0 Å². The van der Waals surface area contributed by atoms with Gasteiger partial charge in [0.05, 0.1) is 13.2 Å². The summed E-state index contributed by atoms with van der Waals surface area (Å²) < 4.78 is 5.21. The first-order valence-corrected chi connectivity index (χ1v) is 6.54. The first-order chi connectivity index (χ1) is 9.17. The molecule has 0 saturated carbocycles. The number of aryl methyl sites for hydroxylation is 1. The molecular weight excluding hydrogens is 234 g/mol. The van der Waals surface area contributed by atoms with Gasteiger partial charge in [0.1, 0.15) is 5.75 Å². The van der Waals surface area contributed by atoms with Crippen LogP contribution in [0.1, 0.15) is 28.3 Å². The van der Waals surface area contributed by atoms with Crippen molar-refractivity contribution in [2.24, 2.45) is 0 Å². The minimum Gasteiger partial charge on any atom is -0.497 e. The van der Waals surface area contributed by atoms with Crippen molar-refractivity contribution in [1.29, 1.82) is 0 Å². The van der Waals surface area contributed by atoms with E-state index in [9.17, 15) is 0 Å². The molecule has 0 heterocycles. The lowest BCUT2D eigenvalue weighted by Crippen LogP contribution is -2.18. The van der Waals surface area contributed by atoms with Crippen LogP contribution in [0.4, 0.5) is 0 Å². The molecule has 1 atom stereocenters. The minimum atomic E-state index is 0.214. The third-order valence-corrected chi connectivity index (χ3v) is 3.70. The Labute approximate surface area is 115 Å². The molecule has 1 N–H and O–H groups in total. The number of benzene rings is 2. The second-order valence-electron chi connectivity index (χ2n) is 4.78. The SMILES string of the molecule is CNC(c1ccc(OC)cc1)c1cccc(C)c1C. The van der Waals surface area contributed by atoms with Crippen molar-refractivity contribution in [3.8, 4) is 5.75 Å². The standard InChI is InChI=1S/C17H21NO/c1-12-6-5-7-16(13(12)2)17(18-3)14-8-10-15(19-4)11-9-14/h5-11,17-18H,1-4H3. The second-order valence-corrected chi connectivity index (χ2v) is 4.78. The molecule has 2 aromatic rings. The molecule has 2 heteroatoms. The third kappa shape index (κ3) is 2.79. The summed E-state index contributed by atoms with van der Waals surface area (Å²) in [4.78, 5) is 0. The Hall–Kier alpha value is -1.80. The summed E-state index contributed by atoms with van der Waals surface area (Å²) in [6, 6.07) is 14.9. The van der Waals surface area contributed by atoms with Crippen LogP contribution < -0.4 is 10.1 Å². The molecule has 2 nitrogen and oxygen atoms in total. The molecular formula is C17H21NO. The van der Waals surface area contributed by atoms with Crippen molar-refractivity contribution in [2.75, 3.05) is 14.2 Å². The number of nitrogens with one attached hydrogen (secondary N) is 1.